The zero-order valence-electron chi connectivity index (χ0n) is 6.11. The van der Waals surface area contributed by atoms with E-state index in [1.165, 1.54) is 32.2 Å². The van der Waals surface area contributed by atoms with E-state index in [-0.39, 0.29) is 0 Å². The summed E-state index contributed by atoms with van der Waals surface area (Å²) in [5.41, 5.74) is 0.545. The van der Waals surface area contributed by atoms with Crippen LogP contribution in [0.1, 0.15) is 32.6 Å². The van der Waals surface area contributed by atoms with Crippen molar-refractivity contribution in [3.8, 4) is 0 Å². The Morgan fingerprint density at radius 1 is 1.44 bits per heavy atom. The fourth-order valence-electron chi connectivity index (χ4n) is 2.35. The number of rotatable bonds is 0. The van der Waals surface area contributed by atoms with Crippen LogP contribution < -0.4 is 5.32 Å². The number of fused-ring (bicyclic) bond motifs is 2. The highest BCUT2D eigenvalue weighted by Crippen LogP contribution is 2.38. The fourth-order valence-corrected chi connectivity index (χ4v) is 2.35. The van der Waals surface area contributed by atoms with Crippen LogP contribution >= 0.6 is 0 Å². The molecule has 1 aliphatic heterocycles. The molecular weight excluding hydrogens is 110 g/mol. The molecule has 1 saturated heterocycles. The molecule has 1 heterocycles. The molecule has 0 aromatic heterocycles. The number of hydrogen-bond donors (Lipinski definition) is 1. The Labute approximate surface area is 56.8 Å². The minimum absolute atomic E-state index is 0.545. The largest absolute Gasteiger partial charge is 0.311 e. The van der Waals surface area contributed by atoms with Crippen LogP contribution in [0.3, 0.4) is 0 Å². The summed E-state index contributed by atoms with van der Waals surface area (Å²) in [5.74, 6) is 1.07. The summed E-state index contributed by atoms with van der Waals surface area (Å²) < 4.78 is 0. The van der Waals surface area contributed by atoms with Crippen LogP contribution in [0.15, 0.2) is 0 Å². The summed E-state index contributed by atoms with van der Waals surface area (Å²) in [5, 5.41) is 3.59. The maximum Gasteiger partial charge on any atom is 0.0156 e. The lowest BCUT2D eigenvalue weighted by atomic mass is 9.93. The third-order valence-electron chi connectivity index (χ3n) is 2.95. The van der Waals surface area contributed by atoms with Gasteiger partial charge in [0.1, 0.15) is 0 Å². The van der Waals surface area contributed by atoms with E-state index in [1.807, 2.05) is 0 Å². The summed E-state index contributed by atoms with van der Waals surface area (Å²) in [7, 11) is 0. The molecule has 52 valence electrons. The molecule has 0 spiro atoms. The maximum atomic E-state index is 3.59. The van der Waals surface area contributed by atoms with E-state index < -0.39 is 0 Å². The molecule has 0 aromatic carbocycles. The van der Waals surface area contributed by atoms with Gasteiger partial charge in [0.05, 0.1) is 0 Å². The van der Waals surface area contributed by atoms with Gasteiger partial charge >= 0.3 is 0 Å². The van der Waals surface area contributed by atoms with Crippen molar-refractivity contribution < 1.29 is 0 Å². The lowest BCUT2D eigenvalue weighted by Crippen LogP contribution is -2.43. The Morgan fingerprint density at radius 3 is 3.00 bits per heavy atom. The van der Waals surface area contributed by atoms with E-state index in [0.717, 1.165) is 5.92 Å². The molecule has 1 heteroatoms. The molecule has 0 aromatic rings. The van der Waals surface area contributed by atoms with Gasteiger partial charge in [-0.15, -0.1) is 0 Å². The number of hydrogen-bond acceptors (Lipinski definition) is 1. The van der Waals surface area contributed by atoms with Gasteiger partial charge < -0.3 is 5.32 Å². The highest BCUT2D eigenvalue weighted by atomic mass is 15.0. The molecule has 9 heavy (non-hydrogen) atoms. The third kappa shape index (κ3) is 0.877. The smallest absolute Gasteiger partial charge is 0.0156 e. The van der Waals surface area contributed by atoms with Crippen LogP contribution in [-0.2, 0) is 0 Å². The molecule has 2 aliphatic rings. The predicted octanol–water partition coefficient (Wildman–Crippen LogP) is 1.54. The highest BCUT2D eigenvalue weighted by molar-refractivity contribution is 4.96. The summed E-state index contributed by atoms with van der Waals surface area (Å²) in [4.78, 5) is 0. The Balaban J connectivity index is 2.13. The van der Waals surface area contributed by atoms with Gasteiger partial charge in [0.25, 0.3) is 0 Å². The summed E-state index contributed by atoms with van der Waals surface area (Å²) >= 11 is 0. The van der Waals surface area contributed by atoms with E-state index in [0.29, 0.717) is 5.54 Å². The van der Waals surface area contributed by atoms with Crippen LogP contribution in [0, 0.1) is 5.92 Å². The Hall–Kier alpha value is -0.0400. The molecule has 0 radical (unpaired) electrons. The quantitative estimate of drug-likeness (QED) is 0.518. The number of nitrogens with one attached hydrogen (secondary N) is 1. The first-order valence-corrected chi connectivity index (χ1v) is 4.04. The SMILES string of the molecule is CC12CCC(CCN1)C2. The van der Waals surface area contributed by atoms with Crippen molar-refractivity contribution >= 4 is 0 Å². The molecule has 1 nitrogen and oxygen atoms in total. The van der Waals surface area contributed by atoms with Crippen molar-refractivity contribution in [1.82, 2.24) is 5.32 Å². The minimum Gasteiger partial charge on any atom is -0.311 e. The molecule has 2 unspecified atom stereocenters. The van der Waals surface area contributed by atoms with Crippen LogP contribution in [0.25, 0.3) is 0 Å². The molecule has 2 fully saturated rings. The van der Waals surface area contributed by atoms with Crippen molar-refractivity contribution in [1.29, 1.82) is 0 Å². The molecular formula is C8H15N. The van der Waals surface area contributed by atoms with Gasteiger partial charge in [-0.2, -0.15) is 0 Å². The van der Waals surface area contributed by atoms with Crippen molar-refractivity contribution in [2.45, 2.75) is 38.1 Å². The van der Waals surface area contributed by atoms with E-state index in [1.54, 1.807) is 0 Å². The van der Waals surface area contributed by atoms with Crippen LogP contribution in [0.4, 0.5) is 0 Å². The molecule has 1 aliphatic carbocycles. The summed E-state index contributed by atoms with van der Waals surface area (Å²) in [6.07, 6.45) is 5.75. The first-order valence-electron chi connectivity index (χ1n) is 4.04. The first-order chi connectivity index (χ1) is 4.29. The second kappa shape index (κ2) is 1.72. The van der Waals surface area contributed by atoms with Crippen LogP contribution in [0.2, 0.25) is 0 Å². The van der Waals surface area contributed by atoms with Gasteiger partial charge in [0.2, 0.25) is 0 Å². The maximum absolute atomic E-state index is 3.59. The van der Waals surface area contributed by atoms with Gasteiger partial charge in [0, 0.05) is 5.54 Å². The predicted molar refractivity (Wildman–Crippen MR) is 38.4 cm³/mol. The van der Waals surface area contributed by atoms with Crippen molar-refractivity contribution in [2.75, 3.05) is 6.54 Å². The Bertz CT molecular complexity index is 118. The molecule has 2 atom stereocenters. The number of piperidine rings is 1. The summed E-state index contributed by atoms with van der Waals surface area (Å²) in [6, 6.07) is 0. The van der Waals surface area contributed by atoms with Crippen molar-refractivity contribution in [3.63, 3.8) is 0 Å². The molecule has 2 rings (SSSR count). The van der Waals surface area contributed by atoms with Gasteiger partial charge in [0.15, 0.2) is 0 Å². The molecule has 2 bridgehead atoms. The topological polar surface area (TPSA) is 12.0 Å². The standard InChI is InChI=1S/C8H15N/c1-8-4-2-7(6-8)3-5-9-8/h7,9H,2-6H2,1H3. The zero-order valence-corrected chi connectivity index (χ0v) is 6.11. The van der Waals surface area contributed by atoms with E-state index in [4.69, 9.17) is 0 Å². The second-order valence-corrected chi connectivity index (χ2v) is 3.88. The van der Waals surface area contributed by atoms with E-state index >= 15 is 0 Å². The highest BCUT2D eigenvalue weighted by Gasteiger charge is 2.37. The van der Waals surface area contributed by atoms with Crippen molar-refractivity contribution in [2.24, 2.45) is 5.92 Å². The van der Waals surface area contributed by atoms with Gasteiger partial charge in [-0.3, -0.25) is 0 Å². The monoisotopic (exact) mass is 125 g/mol. The van der Waals surface area contributed by atoms with Gasteiger partial charge in [-0.1, -0.05) is 0 Å². The minimum atomic E-state index is 0.545. The fraction of sp³-hybridized carbons (Fsp3) is 1.00. The lowest BCUT2D eigenvalue weighted by Gasteiger charge is -2.30. The van der Waals surface area contributed by atoms with Crippen LogP contribution in [0.5, 0.6) is 0 Å². The Kier molecular flexibility index (Phi) is 1.10. The second-order valence-electron chi connectivity index (χ2n) is 3.88. The van der Waals surface area contributed by atoms with Gasteiger partial charge in [-0.05, 0) is 45.1 Å². The normalized spacial score (nSPS) is 49.7. The molecule has 1 saturated carbocycles. The first kappa shape index (κ1) is 5.72. The Morgan fingerprint density at radius 2 is 2.33 bits per heavy atom. The lowest BCUT2D eigenvalue weighted by molar-refractivity contribution is 0.294. The third-order valence-corrected chi connectivity index (χ3v) is 2.95. The zero-order chi connectivity index (χ0) is 6.32. The molecule has 0 amide bonds. The summed E-state index contributed by atoms with van der Waals surface area (Å²) in [6.45, 7) is 3.63. The van der Waals surface area contributed by atoms with E-state index in [9.17, 15) is 0 Å². The average Bonchev–Trinajstić information content (AvgIpc) is 2.07. The molecule has 1 N–H and O–H groups in total. The van der Waals surface area contributed by atoms with Crippen molar-refractivity contribution in [3.05, 3.63) is 0 Å². The van der Waals surface area contributed by atoms with E-state index in [2.05, 4.69) is 12.2 Å². The van der Waals surface area contributed by atoms with Crippen LogP contribution in [-0.4, -0.2) is 12.1 Å². The van der Waals surface area contributed by atoms with Gasteiger partial charge in [-0.25, -0.2) is 0 Å². The average molecular weight is 125 g/mol.